The lowest BCUT2D eigenvalue weighted by molar-refractivity contribution is -0.122. The quantitative estimate of drug-likeness (QED) is 0.344. The minimum Gasteiger partial charge on any atom is -0.391 e. The smallest absolute Gasteiger partial charge is 0.207 e. The van der Waals surface area contributed by atoms with Crippen molar-refractivity contribution in [1.82, 2.24) is 5.32 Å². The van der Waals surface area contributed by atoms with Crippen LogP contribution < -0.4 is 5.32 Å². The van der Waals surface area contributed by atoms with Crippen molar-refractivity contribution in [2.24, 2.45) is 0 Å². The number of hydrogen-bond acceptors (Lipinski definition) is 5. The van der Waals surface area contributed by atoms with Crippen LogP contribution in [-0.4, -0.2) is 52.4 Å². The van der Waals surface area contributed by atoms with Gasteiger partial charge in [0.1, 0.15) is 12.2 Å². The summed E-state index contributed by atoms with van der Waals surface area (Å²) in [5.74, 6) is 0. The summed E-state index contributed by atoms with van der Waals surface area (Å²) in [5, 5.41) is 29.2. The summed E-state index contributed by atoms with van der Waals surface area (Å²) < 4.78 is 0. The van der Waals surface area contributed by atoms with Crippen LogP contribution in [0, 0.1) is 0 Å². The van der Waals surface area contributed by atoms with Gasteiger partial charge in [-0.15, -0.1) is 0 Å². The van der Waals surface area contributed by atoms with Gasteiger partial charge >= 0.3 is 0 Å². The average Bonchev–Trinajstić information content (AvgIpc) is 2.11. The SMILES string of the molecule is C[C@@H](O)[C@@H](O)[C@H](NC=O)[C@@H](O)C=O. The molecule has 6 heteroatoms. The second-order valence-corrected chi connectivity index (χ2v) is 2.67. The Morgan fingerprint density at radius 2 is 1.77 bits per heavy atom. The molecule has 0 radical (unpaired) electrons. The number of aliphatic hydroxyl groups is 3. The van der Waals surface area contributed by atoms with E-state index in [-0.39, 0.29) is 12.7 Å². The number of amides is 1. The van der Waals surface area contributed by atoms with Crippen molar-refractivity contribution in [2.45, 2.75) is 31.3 Å². The molecule has 0 saturated heterocycles. The fraction of sp³-hybridized carbons (Fsp3) is 0.714. The number of carbonyl (C=O) groups excluding carboxylic acids is 2. The predicted octanol–water partition coefficient (Wildman–Crippen LogP) is -2.60. The Labute approximate surface area is 75.2 Å². The summed E-state index contributed by atoms with van der Waals surface area (Å²) in [5.41, 5.74) is 0. The van der Waals surface area contributed by atoms with Crippen LogP contribution in [0.15, 0.2) is 0 Å². The van der Waals surface area contributed by atoms with E-state index in [1.807, 2.05) is 5.32 Å². The molecule has 0 fully saturated rings. The van der Waals surface area contributed by atoms with Gasteiger partial charge < -0.3 is 25.4 Å². The minimum atomic E-state index is -1.53. The fourth-order valence-electron chi connectivity index (χ4n) is 0.862. The number of nitrogens with one attached hydrogen (secondary N) is 1. The molecule has 0 aromatic rings. The van der Waals surface area contributed by atoms with Gasteiger partial charge in [0.2, 0.25) is 6.41 Å². The summed E-state index contributed by atoms with van der Waals surface area (Å²) in [6, 6.07) is -1.19. The van der Waals surface area contributed by atoms with Gasteiger partial charge in [0.25, 0.3) is 0 Å². The lowest BCUT2D eigenvalue weighted by atomic mass is 10.0. The first-order valence-electron chi connectivity index (χ1n) is 3.73. The first-order chi connectivity index (χ1) is 6.04. The van der Waals surface area contributed by atoms with E-state index in [1.54, 1.807) is 0 Å². The molecule has 76 valence electrons. The number of hydrogen-bond donors (Lipinski definition) is 4. The van der Waals surface area contributed by atoms with Crippen molar-refractivity contribution in [2.75, 3.05) is 0 Å². The molecule has 4 N–H and O–H groups in total. The van der Waals surface area contributed by atoms with E-state index in [0.717, 1.165) is 0 Å². The van der Waals surface area contributed by atoms with Crippen LogP contribution in [0.25, 0.3) is 0 Å². The highest BCUT2D eigenvalue weighted by atomic mass is 16.3. The number of carbonyl (C=O) groups is 2. The fourth-order valence-corrected chi connectivity index (χ4v) is 0.862. The van der Waals surface area contributed by atoms with Crippen LogP contribution in [0.3, 0.4) is 0 Å². The maximum Gasteiger partial charge on any atom is 0.207 e. The van der Waals surface area contributed by atoms with Gasteiger partial charge in [-0.2, -0.15) is 0 Å². The lowest BCUT2D eigenvalue weighted by Crippen LogP contribution is -2.52. The number of rotatable bonds is 6. The molecule has 1 amide bonds. The zero-order chi connectivity index (χ0) is 10.4. The van der Waals surface area contributed by atoms with Crippen LogP contribution in [0.4, 0.5) is 0 Å². The topological polar surface area (TPSA) is 107 Å². The molecule has 0 bridgehead atoms. The summed E-state index contributed by atoms with van der Waals surface area (Å²) in [6.07, 6.45) is -3.65. The van der Waals surface area contributed by atoms with Crippen molar-refractivity contribution in [3.8, 4) is 0 Å². The van der Waals surface area contributed by atoms with E-state index in [2.05, 4.69) is 0 Å². The number of aliphatic hydroxyl groups excluding tert-OH is 3. The third-order valence-electron chi connectivity index (χ3n) is 1.63. The predicted molar refractivity (Wildman–Crippen MR) is 42.7 cm³/mol. The maximum absolute atomic E-state index is 10.1. The zero-order valence-electron chi connectivity index (χ0n) is 7.12. The molecule has 4 atom stereocenters. The van der Waals surface area contributed by atoms with E-state index in [9.17, 15) is 14.7 Å². The summed E-state index contributed by atoms with van der Waals surface area (Å²) in [6.45, 7) is 1.28. The summed E-state index contributed by atoms with van der Waals surface area (Å²) in [7, 11) is 0. The minimum absolute atomic E-state index is 0.173. The van der Waals surface area contributed by atoms with Gasteiger partial charge in [-0.05, 0) is 6.92 Å². The molecule has 13 heavy (non-hydrogen) atoms. The molecule has 0 aliphatic heterocycles. The molecule has 0 aliphatic rings. The second-order valence-electron chi connectivity index (χ2n) is 2.67. The van der Waals surface area contributed by atoms with E-state index in [0.29, 0.717) is 0 Å². The molecule has 0 unspecified atom stereocenters. The van der Waals surface area contributed by atoms with Crippen molar-refractivity contribution >= 4 is 12.7 Å². The molecule has 0 aromatic carbocycles. The van der Waals surface area contributed by atoms with Crippen LogP contribution >= 0.6 is 0 Å². The van der Waals surface area contributed by atoms with Gasteiger partial charge in [0, 0.05) is 0 Å². The molecule has 0 aromatic heterocycles. The molecule has 0 spiro atoms. The molecule has 0 rings (SSSR count). The first-order valence-corrected chi connectivity index (χ1v) is 3.73. The first kappa shape index (κ1) is 12.0. The Kier molecular flexibility index (Phi) is 5.20. The highest BCUT2D eigenvalue weighted by molar-refractivity contribution is 5.59. The molecular weight excluding hydrogens is 178 g/mol. The van der Waals surface area contributed by atoms with E-state index < -0.39 is 24.4 Å². The summed E-state index contributed by atoms with van der Waals surface area (Å²) >= 11 is 0. The van der Waals surface area contributed by atoms with Gasteiger partial charge in [0.05, 0.1) is 12.1 Å². The molecular formula is C7H13NO5. The Balaban J connectivity index is 4.38. The van der Waals surface area contributed by atoms with Crippen LogP contribution in [0.1, 0.15) is 6.92 Å². The van der Waals surface area contributed by atoms with Gasteiger partial charge in [-0.1, -0.05) is 0 Å². The standard InChI is InChI=1S/C7H13NO5/c1-4(11)7(13)6(8-3-10)5(12)2-9/h2-7,11-13H,1H3,(H,8,10)/t4-,5+,6-,7-/m1/s1. The molecule has 0 saturated carbocycles. The van der Waals surface area contributed by atoms with Crippen molar-refractivity contribution in [3.05, 3.63) is 0 Å². The van der Waals surface area contributed by atoms with Gasteiger partial charge in [0.15, 0.2) is 6.29 Å². The van der Waals surface area contributed by atoms with Crippen LogP contribution in [0.5, 0.6) is 0 Å². The highest BCUT2D eigenvalue weighted by Crippen LogP contribution is 2.02. The second kappa shape index (κ2) is 5.63. The Hall–Kier alpha value is -0.980. The lowest BCUT2D eigenvalue weighted by Gasteiger charge is -2.25. The Morgan fingerprint density at radius 3 is 2.08 bits per heavy atom. The average molecular weight is 191 g/mol. The molecule has 0 heterocycles. The highest BCUT2D eigenvalue weighted by Gasteiger charge is 2.29. The Morgan fingerprint density at radius 1 is 1.23 bits per heavy atom. The third kappa shape index (κ3) is 3.49. The van der Waals surface area contributed by atoms with Crippen LogP contribution in [-0.2, 0) is 9.59 Å². The van der Waals surface area contributed by atoms with Gasteiger partial charge in [-0.25, -0.2) is 0 Å². The monoisotopic (exact) mass is 191 g/mol. The third-order valence-corrected chi connectivity index (χ3v) is 1.63. The zero-order valence-corrected chi connectivity index (χ0v) is 7.12. The molecule has 6 nitrogen and oxygen atoms in total. The van der Waals surface area contributed by atoms with Crippen LogP contribution in [0.2, 0.25) is 0 Å². The van der Waals surface area contributed by atoms with E-state index >= 15 is 0 Å². The van der Waals surface area contributed by atoms with Crippen molar-refractivity contribution in [1.29, 1.82) is 0 Å². The van der Waals surface area contributed by atoms with E-state index in [1.165, 1.54) is 6.92 Å². The van der Waals surface area contributed by atoms with Crippen molar-refractivity contribution < 1.29 is 24.9 Å². The number of aldehydes is 1. The van der Waals surface area contributed by atoms with Crippen molar-refractivity contribution in [3.63, 3.8) is 0 Å². The Bertz CT molecular complexity index is 172. The normalized spacial score (nSPS) is 19.7. The van der Waals surface area contributed by atoms with Gasteiger partial charge in [-0.3, -0.25) is 4.79 Å². The summed E-state index contributed by atoms with van der Waals surface area (Å²) in [4.78, 5) is 20.2. The molecule has 0 aliphatic carbocycles. The maximum atomic E-state index is 10.1. The van der Waals surface area contributed by atoms with E-state index in [4.69, 9.17) is 10.2 Å². The largest absolute Gasteiger partial charge is 0.391 e.